The van der Waals surface area contributed by atoms with Gasteiger partial charge in [-0.05, 0) is 6.42 Å². The average Bonchev–Trinajstić information content (AvgIpc) is 2.29. The van der Waals surface area contributed by atoms with Crippen LogP contribution in [-0.4, -0.2) is 76.0 Å². The largest absolute Gasteiger partial charge is 1.00 e. The molecule has 0 aromatic carbocycles. The fraction of sp³-hybridized carbons (Fsp3) is 1.00. The molecule has 6 heteroatoms. The van der Waals surface area contributed by atoms with Crippen LogP contribution in [0, 0.1) is 0 Å². The zero-order valence-corrected chi connectivity index (χ0v) is 12.0. The molecule has 0 aromatic rings. The van der Waals surface area contributed by atoms with Gasteiger partial charge in [-0.25, -0.2) is 0 Å². The van der Waals surface area contributed by atoms with Gasteiger partial charge in [0.05, 0.1) is 13.6 Å². The maximum Gasteiger partial charge on any atom is 0.131 e. The summed E-state index contributed by atoms with van der Waals surface area (Å²) in [5.41, 5.74) is 0. The molecule has 0 aromatic heterocycles. The van der Waals surface area contributed by atoms with Crippen molar-refractivity contribution in [3.8, 4) is 0 Å². The third-order valence-electron chi connectivity index (χ3n) is 3.45. The predicted molar refractivity (Wildman–Crippen MR) is 59.7 cm³/mol. The molecule has 0 bridgehead atoms. The van der Waals surface area contributed by atoms with Gasteiger partial charge in [0, 0.05) is 0 Å². The summed E-state index contributed by atoms with van der Waals surface area (Å²) in [5, 5.41) is 38.7. The molecule has 0 saturated carbocycles. The zero-order valence-electron chi connectivity index (χ0n) is 10.5. The standard InChI is InChI=1S/C11H24NO4.BrH/c1-3-4-5-12(2)6-8(13)10(15)11(16)9(14)7-12;/h8-11,13-16H,3-7H2,1-2H3;1H/q+1;/p-1/t8-,9+,10-,11-,12?;/m1./s1. The first kappa shape index (κ1) is 17.3. The van der Waals surface area contributed by atoms with Crippen molar-refractivity contribution in [2.75, 3.05) is 26.7 Å². The van der Waals surface area contributed by atoms with Crippen molar-refractivity contribution in [1.29, 1.82) is 0 Å². The van der Waals surface area contributed by atoms with E-state index in [2.05, 4.69) is 6.92 Å². The third kappa shape index (κ3) is 4.46. The summed E-state index contributed by atoms with van der Waals surface area (Å²) in [6.45, 7) is 3.66. The highest BCUT2D eigenvalue weighted by Crippen LogP contribution is 2.19. The number of halogens is 1. The Kier molecular flexibility index (Phi) is 7.13. The molecule has 17 heavy (non-hydrogen) atoms. The molecule has 1 fully saturated rings. The van der Waals surface area contributed by atoms with Gasteiger partial charge >= 0.3 is 0 Å². The van der Waals surface area contributed by atoms with Crippen LogP contribution in [0.25, 0.3) is 0 Å². The number of nitrogens with zero attached hydrogens (tertiary/aromatic N) is 1. The molecule has 1 aliphatic rings. The lowest BCUT2D eigenvalue weighted by Crippen LogP contribution is -3.00. The lowest BCUT2D eigenvalue weighted by molar-refractivity contribution is -0.914. The fourth-order valence-corrected chi connectivity index (χ4v) is 2.37. The van der Waals surface area contributed by atoms with E-state index in [1.165, 1.54) is 0 Å². The highest BCUT2D eigenvalue weighted by atomic mass is 79.9. The van der Waals surface area contributed by atoms with Crippen LogP contribution in [0.2, 0.25) is 0 Å². The van der Waals surface area contributed by atoms with Crippen molar-refractivity contribution in [3.05, 3.63) is 0 Å². The Morgan fingerprint density at radius 2 is 1.41 bits per heavy atom. The summed E-state index contributed by atoms with van der Waals surface area (Å²) in [5.74, 6) is 0. The molecule has 0 radical (unpaired) electrons. The average molecular weight is 314 g/mol. The normalized spacial score (nSPS) is 42.7. The number of hydrogen-bond acceptors (Lipinski definition) is 4. The van der Waals surface area contributed by atoms with E-state index >= 15 is 0 Å². The lowest BCUT2D eigenvalue weighted by Gasteiger charge is -2.35. The molecule has 0 amide bonds. The Morgan fingerprint density at radius 3 is 1.76 bits per heavy atom. The molecule has 1 unspecified atom stereocenters. The highest BCUT2D eigenvalue weighted by molar-refractivity contribution is 4.84. The van der Waals surface area contributed by atoms with E-state index < -0.39 is 24.4 Å². The van der Waals surface area contributed by atoms with E-state index in [-0.39, 0.29) is 17.0 Å². The number of hydrogen-bond donors (Lipinski definition) is 4. The Morgan fingerprint density at radius 1 is 1.00 bits per heavy atom. The first-order chi connectivity index (χ1) is 7.39. The summed E-state index contributed by atoms with van der Waals surface area (Å²) >= 11 is 0. The van der Waals surface area contributed by atoms with E-state index in [1.54, 1.807) is 0 Å². The number of likely N-dealkylation sites (tertiary alicyclic amines) is 1. The first-order valence-corrected chi connectivity index (χ1v) is 5.95. The fourth-order valence-electron chi connectivity index (χ4n) is 2.37. The molecule has 0 aliphatic carbocycles. The van der Waals surface area contributed by atoms with E-state index in [9.17, 15) is 20.4 Å². The first-order valence-electron chi connectivity index (χ1n) is 5.95. The summed E-state index contributed by atoms with van der Waals surface area (Å²) < 4.78 is 0.490. The van der Waals surface area contributed by atoms with E-state index in [4.69, 9.17) is 0 Å². The van der Waals surface area contributed by atoms with Gasteiger partial charge in [0.15, 0.2) is 0 Å². The van der Waals surface area contributed by atoms with Crippen LogP contribution in [0.4, 0.5) is 0 Å². The quantitative estimate of drug-likeness (QED) is 0.397. The summed E-state index contributed by atoms with van der Waals surface area (Å²) in [6.07, 6.45) is -2.41. The van der Waals surface area contributed by atoms with Gasteiger partial charge < -0.3 is 41.9 Å². The van der Waals surface area contributed by atoms with Gasteiger partial charge in [-0.2, -0.15) is 0 Å². The highest BCUT2D eigenvalue weighted by Gasteiger charge is 2.42. The van der Waals surface area contributed by atoms with Crippen molar-refractivity contribution in [3.63, 3.8) is 0 Å². The molecular weight excluding hydrogens is 290 g/mol. The van der Waals surface area contributed by atoms with Crippen molar-refractivity contribution < 1.29 is 41.9 Å². The summed E-state index contributed by atoms with van der Waals surface area (Å²) in [7, 11) is 1.94. The molecule has 1 saturated heterocycles. The minimum Gasteiger partial charge on any atom is -1.00 e. The SMILES string of the molecule is CCCC[N+]1(C)C[C@@H](O)[C@@H](O)[C@H](O)[C@@H](O)C1.[Br-]. The molecular formula is C11H24BrNO4. The van der Waals surface area contributed by atoms with E-state index in [0.29, 0.717) is 17.6 Å². The third-order valence-corrected chi connectivity index (χ3v) is 3.45. The van der Waals surface area contributed by atoms with Crippen LogP contribution < -0.4 is 17.0 Å². The zero-order chi connectivity index (χ0) is 12.3. The van der Waals surface area contributed by atoms with Gasteiger partial charge in [-0.1, -0.05) is 13.3 Å². The van der Waals surface area contributed by atoms with Crippen molar-refractivity contribution in [2.45, 2.75) is 44.2 Å². The molecule has 0 spiro atoms. The smallest absolute Gasteiger partial charge is 0.131 e. The minimum atomic E-state index is -1.25. The van der Waals surface area contributed by atoms with Gasteiger partial charge in [0.25, 0.3) is 0 Å². The molecule has 4 N–H and O–H groups in total. The van der Waals surface area contributed by atoms with Gasteiger partial charge in [-0.15, -0.1) is 0 Å². The molecule has 5 atom stereocenters. The van der Waals surface area contributed by atoms with E-state index in [1.807, 2.05) is 7.05 Å². The van der Waals surface area contributed by atoms with Crippen LogP contribution in [0.5, 0.6) is 0 Å². The van der Waals surface area contributed by atoms with Crippen LogP contribution in [-0.2, 0) is 0 Å². The number of likely N-dealkylation sites (N-methyl/N-ethyl adjacent to an activating group) is 1. The Bertz CT molecular complexity index is 214. The van der Waals surface area contributed by atoms with Crippen molar-refractivity contribution >= 4 is 0 Å². The van der Waals surface area contributed by atoms with Crippen molar-refractivity contribution in [2.24, 2.45) is 0 Å². The summed E-state index contributed by atoms with van der Waals surface area (Å²) in [4.78, 5) is 0. The monoisotopic (exact) mass is 313 g/mol. The summed E-state index contributed by atoms with van der Waals surface area (Å²) in [6, 6.07) is 0. The van der Waals surface area contributed by atoms with Crippen molar-refractivity contribution in [1.82, 2.24) is 0 Å². The predicted octanol–water partition coefficient (Wildman–Crippen LogP) is -4.31. The Hall–Kier alpha value is 0.280. The van der Waals surface area contributed by atoms with Gasteiger partial charge in [-0.3, -0.25) is 0 Å². The second-order valence-corrected chi connectivity index (χ2v) is 5.18. The maximum absolute atomic E-state index is 9.74. The number of aliphatic hydroxyl groups is 4. The minimum absolute atomic E-state index is 0. The Balaban J connectivity index is 0.00000256. The number of quaternary nitrogens is 1. The second-order valence-electron chi connectivity index (χ2n) is 5.18. The molecule has 1 rings (SSSR count). The van der Waals surface area contributed by atoms with Crippen LogP contribution >= 0.6 is 0 Å². The Labute approximate surface area is 113 Å². The number of aliphatic hydroxyl groups excluding tert-OH is 4. The topological polar surface area (TPSA) is 80.9 Å². The molecule has 5 nitrogen and oxygen atoms in total. The lowest BCUT2D eigenvalue weighted by atomic mass is 10.1. The van der Waals surface area contributed by atoms with Gasteiger partial charge in [0.2, 0.25) is 0 Å². The van der Waals surface area contributed by atoms with Crippen LogP contribution in [0.3, 0.4) is 0 Å². The molecule has 104 valence electrons. The van der Waals surface area contributed by atoms with Gasteiger partial charge in [0.1, 0.15) is 37.5 Å². The molecule has 1 heterocycles. The van der Waals surface area contributed by atoms with Crippen LogP contribution in [0.1, 0.15) is 19.8 Å². The van der Waals surface area contributed by atoms with E-state index in [0.717, 1.165) is 19.4 Å². The maximum atomic E-state index is 9.74. The molecule has 1 aliphatic heterocycles. The number of unbranched alkanes of at least 4 members (excludes halogenated alkanes) is 1. The van der Waals surface area contributed by atoms with Crippen LogP contribution in [0.15, 0.2) is 0 Å². The number of rotatable bonds is 3. The second kappa shape index (κ2) is 7.01.